The molecule has 0 aliphatic rings. The standard InChI is InChI=1S/C27H24ClF3N4O2S/c1-15-4-11-22-23(12-15)38-26(34-22)17-5-7-18(8-6-17)33-25(37)16(2)35(3)14-24(36)32-19-9-10-21(28)20(13-19)27(29,30)31/h4-13,16H,14H2,1-3H3,(H,32,36)(H,33,37). The van der Waals surface area contributed by atoms with Crippen LogP contribution >= 0.6 is 22.9 Å². The molecule has 1 heterocycles. The van der Waals surface area contributed by atoms with Gasteiger partial charge in [-0.3, -0.25) is 14.5 Å². The van der Waals surface area contributed by atoms with Crippen molar-refractivity contribution < 1.29 is 22.8 Å². The number of nitrogens with one attached hydrogen (secondary N) is 2. The maximum atomic E-state index is 13.1. The van der Waals surface area contributed by atoms with E-state index in [1.807, 2.05) is 31.2 Å². The first-order valence-electron chi connectivity index (χ1n) is 11.6. The Morgan fingerprint density at radius 3 is 2.39 bits per heavy atom. The minimum atomic E-state index is -4.65. The van der Waals surface area contributed by atoms with Gasteiger partial charge in [0.15, 0.2) is 0 Å². The van der Waals surface area contributed by atoms with Crippen molar-refractivity contribution in [1.29, 1.82) is 0 Å². The first kappa shape index (κ1) is 27.6. The zero-order chi connectivity index (χ0) is 27.6. The highest BCUT2D eigenvalue weighted by molar-refractivity contribution is 7.21. The van der Waals surface area contributed by atoms with Gasteiger partial charge < -0.3 is 10.6 Å². The van der Waals surface area contributed by atoms with Crippen molar-refractivity contribution in [3.63, 3.8) is 0 Å². The molecule has 0 saturated carbocycles. The van der Waals surface area contributed by atoms with Crippen LogP contribution in [-0.2, 0) is 15.8 Å². The number of halogens is 4. The van der Waals surface area contributed by atoms with Gasteiger partial charge in [-0.05, 0) is 81.1 Å². The van der Waals surface area contributed by atoms with Gasteiger partial charge in [-0.25, -0.2) is 4.98 Å². The van der Waals surface area contributed by atoms with Crippen molar-refractivity contribution in [1.82, 2.24) is 9.88 Å². The molecule has 4 aromatic rings. The van der Waals surface area contributed by atoms with E-state index in [9.17, 15) is 22.8 Å². The molecule has 38 heavy (non-hydrogen) atoms. The molecule has 1 unspecified atom stereocenters. The summed E-state index contributed by atoms with van der Waals surface area (Å²) in [6.45, 7) is 3.45. The number of rotatable bonds is 7. The number of carbonyl (C=O) groups is 2. The maximum Gasteiger partial charge on any atom is 0.417 e. The highest BCUT2D eigenvalue weighted by atomic mass is 35.5. The van der Waals surface area contributed by atoms with Crippen LogP contribution in [-0.4, -0.2) is 41.3 Å². The van der Waals surface area contributed by atoms with Crippen molar-refractivity contribution in [2.75, 3.05) is 24.2 Å². The highest BCUT2D eigenvalue weighted by Crippen LogP contribution is 2.36. The van der Waals surface area contributed by atoms with E-state index in [1.54, 1.807) is 37.4 Å². The molecule has 1 aromatic heterocycles. The molecule has 0 bridgehead atoms. The summed E-state index contributed by atoms with van der Waals surface area (Å²) in [6.07, 6.45) is -4.65. The Labute approximate surface area is 226 Å². The summed E-state index contributed by atoms with van der Waals surface area (Å²) in [5, 5.41) is 5.66. The summed E-state index contributed by atoms with van der Waals surface area (Å²) in [5.74, 6) is -0.910. The first-order chi connectivity index (χ1) is 17.9. The van der Waals surface area contributed by atoms with Gasteiger partial charge in [-0.15, -0.1) is 11.3 Å². The molecule has 4 rings (SSSR count). The first-order valence-corrected chi connectivity index (χ1v) is 12.8. The minimum absolute atomic E-state index is 0.0411. The number of fused-ring (bicyclic) bond motifs is 1. The van der Waals surface area contributed by atoms with Crippen LogP contribution in [0.3, 0.4) is 0 Å². The van der Waals surface area contributed by atoms with Crippen molar-refractivity contribution in [3.05, 3.63) is 76.8 Å². The molecule has 6 nitrogen and oxygen atoms in total. The zero-order valence-corrected chi connectivity index (χ0v) is 22.3. The fourth-order valence-corrected chi connectivity index (χ4v) is 4.98. The SMILES string of the molecule is Cc1ccc2nc(-c3ccc(NC(=O)C(C)N(C)CC(=O)Nc4ccc(Cl)c(C(F)(F)F)c4)cc3)sc2c1. The topological polar surface area (TPSA) is 74.3 Å². The Bertz CT molecular complexity index is 1490. The third kappa shape index (κ3) is 6.50. The average molecular weight is 561 g/mol. The van der Waals surface area contributed by atoms with Gasteiger partial charge >= 0.3 is 6.18 Å². The molecule has 0 saturated heterocycles. The molecular formula is C27H24ClF3N4O2S. The van der Waals surface area contributed by atoms with E-state index in [2.05, 4.69) is 21.7 Å². The summed E-state index contributed by atoms with van der Waals surface area (Å²) in [7, 11) is 1.57. The van der Waals surface area contributed by atoms with Gasteiger partial charge in [0.25, 0.3) is 0 Å². The highest BCUT2D eigenvalue weighted by Gasteiger charge is 2.33. The van der Waals surface area contributed by atoms with Gasteiger partial charge in [-0.1, -0.05) is 17.7 Å². The van der Waals surface area contributed by atoms with Crippen molar-refractivity contribution in [3.8, 4) is 10.6 Å². The van der Waals surface area contributed by atoms with Gasteiger partial charge in [-0.2, -0.15) is 13.2 Å². The number of benzene rings is 3. The molecule has 11 heteroatoms. The normalized spacial score (nSPS) is 12.5. The van der Waals surface area contributed by atoms with Crippen LogP contribution in [0.1, 0.15) is 18.1 Å². The van der Waals surface area contributed by atoms with Crippen molar-refractivity contribution in [2.45, 2.75) is 26.1 Å². The van der Waals surface area contributed by atoms with Crippen molar-refractivity contribution >= 4 is 56.3 Å². The molecule has 3 aromatic carbocycles. The molecule has 2 amide bonds. The maximum absolute atomic E-state index is 13.1. The predicted octanol–water partition coefficient (Wildman–Crippen LogP) is 6.84. The summed E-state index contributed by atoms with van der Waals surface area (Å²) >= 11 is 7.21. The third-order valence-electron chi connectivity index (χ3n) is 5.93. The van der Waals surface area contributed by atoms with Crippen LogP contribution in [0.2, 0.25) is 5.02 Å². The van der Waals surface area contributed by atoms with E-state index in [1.165, 1.54) is 16.5 Å². The molecule has 198 valence electrons. The van der Waals surface area contributed by atoms with E-state index >= 15 is 0 Å². The smallest absolute Gasteiger partial charge is 0.325 e. The number of aromatic nitrogens is 1. The molecule has 0 spiro atoms. The monoisotopic (exact) mass is 560 g/mol. The lowest BCUT2D eigenvalue weighted by Gasteiger charge is -2.23. The number of anilines is 2. The lowest BCUT2D eigenvalue weighted by Crippen LogP contribution is -2.43. The number of aryl methyl sites for hydroxylation is 1. The molecule has 0 radical (unpaired) electrons. The molecule has 0 aliphatic heterocycles. The van der Waals surface area contributed by atoms with E-state index < -0.39 is 28.7 Å². The molecule has 0 fully saturated rings. The second-order valence-corrected chi connectivity index (χ2v) is 10.3. The number of amides is 2. The minimum Gasteiger partial charge on any atom is -0.325 e. The molecular weight excluding hydrogens is 537 g/mol. The molecule has 0 aliphatic carbocycles. The van der Waals surface area contributed by atoms with Gasteiger partial charge in [0.05, 0.1) is 33.4 Å². The lowest BCUT2D eigenvalue weighted by atomic mass is 10.2. The largest absolute Gasteiger partial charge is 0.417 e. The van der Waals surface area contributed by atoms with E-state index in [0.29, 0.717) is 5.69 Å². The second-order valence-electron chi connectivity index (χ2n) is 8.89. The van der Waals surface area contributed by atoms with Gasteiger partial charge in [0, 0.05) is 16.9 Å². The lowest BCUT2D eigenvalue weighted by molar-refractivity contribution is -0.137. The fraction of sp³-hybridized carbons (Fsp3) is 0.222. The number of alkyl halides is 3. The second kappa shape index (κ2) is 11.1. The van der Waals surface area contributed by atoms with Crippen LogP contribution in [0.5, 0.6) is 0 Å². The third-order valence-corrected chi connectivity index (χ3v) is 7.33. The van der Waals surface area contributed by atoms with Gasteiger partial charge in [0.1, 0.15) is 5.01 Å². The Hall–Kier alpha value is -3.47. The van der Waals surface area contributed by atoms with Crippen molar-refractivity contribution in [2.24, 2.45) is 0 Å². The number of nitrogens with zero attached hydrogens (tertiary/aromatic N) is 2. The number of thiazole rings is 1. The summed E-state index contributed by atoms with van der Waals surface area (Å²) in [4.78, 5) is 31.3. The number of hydrogen-bond acceptors (Lipinski definition) is 5. The van der Waals surface area contributed by atoms with Crippen LogP contribution in [0.4, 0.5) is 24.5 Å². The summed E-state index contributed by atoms with van der Waals surface area (Å²) in [6, 6.07) is 15.9. The van der Waals surface area contributed by atoms with Crippen LogP contribution in [0, 0.1) is 6.92 Å². The quantitative estimate of drug-likeness (QED) is 0.259. The van der Waals surface area contributed by atoms with Crippen LogP contribution in [0.25, 0.3) is 20.8 Å². The zero-order valence-electron chi connectivity index (χ0n) is 20.7. The average Bonchev–Trinajstić information content (AvgIpc) is 3.27. The Morgan fingerprint density at radius 2 is 1.71 bits per heavy atom. The number of hydrogen-bond donors (Lipinski definition) is 2. The summed E-state index contributed by atoms with van der Waals surface area (Å²) < 4.78 is 40.3. The number of carbonyl (C=O) groups excluding carboxylic acids is 2. The number of likely N-dealkylation sites (N-methyl/N-ethyl adjacent to an activating group) is 1. The molecule has 1 atom stereocenters. The van der Waals surface area contributed by atoms with Gasteiger partial charge in [0.2, 0.25) is 11.8 Å². The summed E-state index contributed by atoms with van der Waals surface area (Å²) in [5.41, 5.74) is 2.54. The Balaban J connectivity index is 1.34. The fourth-order valence-electron chi connectivity index (χ4n) is 3.68. The van der Waals surface area contributed by atoms with E-state index in [4.69, 9.17) is 11.6 Å². The van der Waals surface area contributed by atoms with E-state index in [0.717, 1.165) is 32.9 Å². The van der Waals surface area contributed by atoms with Crippen LogP contribution in [0.15, 0.2) is 60.7 Å². The Morgan fingerprint density at radius 1 is 1.03 bits per heavy atom. The predicted molar refractivity (Wildman–Crippen MR) is 146 cm³/mol. The molecule has 2 N–H and O–H groups in total. The van der Waals surface area contributed by atoms with Crippen LogP contribution < -0.4 is 10.6 Å². The van der Waals surface area contributed by atoms with E-state index in [-0.39, 0.29) is 18.1 Å². The Kier molecular flexibility index (Phi) is 8.05.